The first-order chi connectivity index (χ1) is 16.3. The third kappa shape index (κ3) is 5.33. The Labute approximate surface area is 205 Å². The molecule has 0 bridgehead atoms. The van der Waals surface area contributed by atoms with E-state index in [4.69, 9.17) is 13.9 Å². The van der Waals surface area contributed by atoms with Crippen molar-refractivity contribution in [3.63, 3.8) is 0 Å². The highest BCUT2D eigenvalue weighted by molar-refractivity contribution is 7.99. The summed E-state index contributed by atoms with van der Waals surface area (Å²) in [5.74, 6) is -0.109. The van der Waals surface area contributed by atoms with Gasteiger partial charge in [0.05, 0.1) is 36.4 Å². The Kier molecular flexibility index (Phi) is 8.51. The van der Waals surface area contributed by atoms with E-state index in [1.54, 1.807) is 27.0 Å². The molecule has 0 fully saturated rings. The number of anilines is 1. The van der Waals surface area contributed by atoms with Gasteiger partial charge in [-0.1, -0.05) is 11.8 Å². The van der Waals surface area contributed by atoms with Crippen LogP contribution in [0.5, 0.6) is 0 Å². The predicted molar refractivity (Wildman–Crippen MR) is 128 cm³/mol. The maximum Gasteiger partial charge on any atom is 0.348 e. The van der Waals surface area contributed by atoms with Crippen LogP contribution >= 0.6 is 23.1 Å². The van der Waals surface area contributed by atoms with Crippen molar-refractivity contribution < 1.29 is 28.3 Å². The molecule has 1 N–H and O–H groups in total. The fraction of sp³-hybridized carbons (Fsp3) is 0.409. The molecule has 3 aromatic heterocycles. The van der Waals surface area contributed by atoms with Crippen LogP contribution in [-0.4, -0.2) is 51.6 Å². The van der Waals surface area contributed by atoms with Crippen molar-refractivity contribution in [2.75, 3.05) is 24.3 Å². The molecule has 12 heteroatoms. The molecule has 0 spiro atoms. The van der Waals surface area contributed by atoms with Gasteiger partial charge in [-0.3, -0.25) is 4.79 Å². The standard InChI is InChI=1S/C22H26N4O6S2/c1-6-26-18(14-9-10-32-13(14)5)24-25-22(26)33-11-15(27)23-19-16(20(28)30-7-2)12(4)17(34-19)21(29)31-8-3/h9-10H,6-8,11H2,1-5H3,(H,23,27). The predicted octanol–water partition coefficient (Wildman–Crippen LogP) is 4.32. The van der Waals surface area contributed by atoms with E-state index in [0.717, 1.165) is 22.7 Å². The van der Waals surface area contributed by atoms with Crippen molar-refractivity contribution >= 4 is 45.9 Å². The van der Waals surface area contributed by atoms with Crippen LogP contribution in [0, 0.1) is 13.8 Å². The molecule has 0 aromatic carbocycles. The highest BCUT2D eigenvalue weighted by Crippen LogP contribution is 2.35. The molecule has 0 aliphatic rings. The number of aromatic nitrogens is 3. The highest BCUT2D eigenvalue weighted by atomic mass is 32.2. The van der Waals surface area contributed by atoms with Gasteiger partial charge in [0.1, 0.15) is 15.6 Å². The van der Waals surface area contributed by atoms with Crippen molar-refractivity contribution in [2.24, 2.45) is 0 Å². The van der Waals surface area contributed by atoms with Gasteiger partial charge in [-0.25, -0.2) is 9.59 Å². The molecule has 0 atom stereocenters. The number of thioether (sulfide) groups is 1. The number of aryl methyl sites for hydroxylation is 1. The number of nitrogens with one attached hydrogen (secondary N) is 1. The average molecular weight is 507 g/mol. The Morgan fingerprint density at radius 2 is 1.82 bits per heavy atom. The monoisotopic (exact) mass is 506 g/mol. The Morgan fingerprint density at radius 3 is 2.44 bits per heavy atom. The Hall–Kier alpha value is -3.12. The molecule has 1 amide bonds. The van der Waals surface area contributed by atoms with Crippen molar-refractivity contribution in [1.29, 1.82) is 0 Å². The van der Waals surface area contributed by atoms with E-state index in [1.165, 1.54) is 11.8 Å². The van der Waals surface area contributed by atoms with Crippen LogP contribution in [0.4, 0.5) is 5.00 Å². The number of ether oxygens (including phenoxy) is 2. The molecule has 34 heavy (non-hydrogen) atoms. The molecule has 0 aliphatic heterocycles. The fourth-order valence-corrected chi connectivity index (χ4v) is 5.14. The number of esters is 2. The number of thiophene rings is 1. The summed E-state index contributed by atoms with van der Waals surface area (Å²) in [5, 5.41) is 12.0. The zero-order valence-corrected chi connectivity index (χ0v) is 21.2. The topological polar surface area (TPSA) is 126 Å². The molecule has 0 saturated carbocycles. The van der Waals surface area contributed by atoms with Crippen LogP contribution in [0.1, 0.15) is 52.1 Å². The lowest BCUT2D eigenvalue weighted by atomic mass is 10.1. The summed E-state index contributed by atoms with van der Waals surface area (Å²) in [6.07, 6.45) is 1.59. The van der Waals surface area contributed by atoms with Crippen molar-refractivity contribution in [2.45, 2.75) is 46.3 Å². The van der Waals surface area contributed by atoms with Gasteiger partial charge in [0.2, 0.25) is 5.91 Å². The van der Waals surface area contributed by atoms with Gasteiger partial charge in [-0.05, 0) is 46.2 Å². The van der Waals surface area contributed by atoms with Gasteiger partial charge in [0.25, 0.3) is 0 Å². The second-order valence-corrected chi connectivity index (χ2v) is 8.94. The number of carbonyl (C=O) groups is 3. The molecule has 3 aromatic rings. The van der Waals surface area contributed by atoms with Gasteiger partial charge >= 0.3 is 11.9 Å². The molecular formula is C22H26N4O6S2. The van der Waals surface area contributed by atoms with Crippen LogP contribution in [0.15, 0.2) is 21.9 Å². The second kappa shape index (κ2) is 11.3. The van der Waals surface area contributed by atoms with Gasteiger partial charge in [0, 0.05) is 6.54 Å². The van der Waals surface area contributed by atoms with E-state index in [9.17, 15) is 14.4 Å². The first kappa shape index (κ1) is 25.5. The van der Waals surface area contributed by atoms with Crippen LogP contribution < -0.4 is 5.32 Å². The molecule has 182 valence electrons. The minimum atomic E-state index is -0.611. The maximum atomic E-state index is 12.8. The molecule has 0 aliphatic carbocycles. The van der Waals surface area contributed by atoms with E-state index in [2.05, 4.69) is 15.5 Å². The number of hydrogen-bond donors (Lipinski definition) is 1. The second-order valence-electron chi connectivity index (χ2n) is 6.98. The van der Waals surface area contributed by atoms with E-state index >= 15 is 0 Å². The van der Waals surface area contributed by atoms with Gasteiger partial charge in [-0.2, -0.15) is 0 Å². The van der Waals surface area contributed by atoms with Crippen molar-refractivity contribution in [3.8, 4) is 11.4 Å². The number of furan rings is 1. The minimum absolute atomic E-state index is 0.0243. The Morgan fingerprint density at radius 1 is 1.12 bits per heavy atom. The van der Waals surface area contributed by atoms with E-state index < -0.39 is 11.9 Å². The van der Waals surface area contributed by atoms with Crippen molar-refractivity contribution in [3.05, 3.63) is 34.1 Å². The van der Waals surface area contributed by atoms with E-state index in [0.29, 0.717) is 23.1 Å². The first-order valence-corrected chi connectivity index (χ1v) is 12.5. The lowest BCUT2D eigenvalue weighted by Gasteiger charge is -2.08. The summed E-state index contributed by atoms with van der Waals surface area (Å²) in [5.41, 5.74) is 1.41. The third-order valence-corrected chi connectivity index (χ3v) is 6.96. The highest BCUT2D eigenvalue weighted by Gasteiger charge is 2.27. The fourth-order valence-electron chi connectivity index (χ4n) is 3.23. The zero-order valence-electron chi connectivity index (χ0n) is 19.6. The van der Waals surface area contributed by atoms with E-state index in [-0.39, 0.29) is 40.3 Å². The van der Waals surface area contributed by atoms with Gasteiger partial charge in [-0.15, -0.1) is 21.5 Å². The SMILES string of the molecule is CCOC(=O)c1sc(NC(=O)CSc2nnc(-c3ccoc3C)n2CC)c(C(=O)OCC)c1C. The quantitative estimate of drug-likeness (QED) is 0.316. The Balaban J connectivity index is 1.78. The Bertz CT molecular complexity index is 1200. The van der Waals surface area contributed by atoms with Crippen LogP contribution in [-0.2, 0) is 20.8 Å². The molecule has 10 nitrogen and oxygen atoms in total. The smallest absolute Gasteiger partial charge is 0.348 e. The first-order valence-electron chi connectivity index (χ1n) is 10.7. The number of hydrogen-bond acceptors (Lipinski definition) is 10. The molecule has 0 saturated heterocycles. The molecule has 0 unspecified atom stereocenters. The third-order valence-electron chi connectivity index (χ3n) is 4.81. The number of carbonyl (C=O) groups excluding carboxylic acids is 3. The molecule has 3 heterocycles. The summed E-state index contributed by atoms with van der Waals surface area (Å²) in [6.45, 7) is 9.78. The minimum Gasteiger partial charge on any atom is -0.469 e. The van der Waals surface area contributed by atoms with E-state index in [1.807, 2.05) is 24.5 Å². The van der Waals surface area contributed by atoms with Gasteiger partial charge in [0.15, 0.2) is 11.0 Å². The van der Waals surface area contributed by atoms with Gasteiger partial charge < -0.3 is 23.8 Å². The number of rotatable bonds is 10. The summed E-state index contributed by atoms with van der Waals surface area (Å²) >= 11 is 2.21. The lowest BCUT2D eigenvalue weighted by Crippen LogP contribution is -2.17. The summed E-state index contributed by atoms with van der Waals surface area (Å²) in [7, 11) is 0. The largest absolute Gasteiger partial charge is 0.469 e. The molecular weight excluding hydrogens is 480 g/mol. The van der Waals surface area contributed by atoms with Crippen molar-refractivity contribution in [1.82, 2.24) is 14.8 Å². The average Bonchev–Trinajstić information content (AvgIpc) is 3.49. The number of nitrogens with zero attached hydrogens (tertiary/aromatic N) is 3. The maximum absolute atomic E-state index is 12.8. The lowest BCUT2D eigenvalue weighted by molar-refractivity contribution is -0.113. The zero-order chi connectivity index (χ0) is 24.8. The molecule has 3 rings (SSSR count). The summed E-state index contributed by atoms with van der Waals surface area (Å²) in [4.78, 5) is 37.8. The van der Waals surface area contributed by atoms with Crippen LogP contribution in [0.2, 0.25) is 0 Å². The molecule has 0 radical (unpaired) electrons. The normalized spacial score (nSPS) is 10.9. The summed E-state index contributed by atoms with van der Waals surface area (Å²) in [6, 6.07) is 1.82. The van der Waals surface area contributed by atoms with Crippen LogP contribution in [0.3, 0.4) is 0 Å². The van der Waals surface area contributed by atoms with Crippen LogP contribution in [0.25, 0.3) is 11.4 Å². The number of amides is 1. The summed E-state index contributed by atoms with van der Waals surface area (Å²) < 4.78 is 17.5.